The van der Waals surface area contributed by atoms with Crippen molar-refractivity contribution in [3.8, 4) is 11.3 Å². The van der Waals surface area contributed by atoms with Gasteiger partial charge in [0.2, 0.25) is 5.91 Å². The molecule has 0 aliphatic carbocycles. The number of halogens is 2. The van der Waals surface area contributed by atoms with E-state index < -0.39 is 12.0 Å². The van der Waals surface area contributed by atoms with Crippen LogP contribution < -0.4 is 5.73 Å². The van der Waals surface area contributed by atoms with E-state index in [0.29, 0.717) is 47.2 Å². The Morgan fingerprint density at radius 2 is 1.89 bits per heavy atom. The maximum Gasteiger partial charge on any atom is 0.263 e. The Labute approximate surface area is 218 Å². The van der Waals surface area contributed by atoms with Gasteiger partial charge in [0.15, 0.2) is 0 Å². The van der Waals surface area contributed by atoms with Crippen molar-refractivity contribution in [3.63, 3.8) is 0 Å². The van der Waals surface area contributed by atoms with Crippen LogP contribution in [0.25, 0.3) is 16.8 Å². The van der Waals surface area contributed by atoms with Crippen LogP contribution in [0.2, 0.25) is 0 Å². The van der Waals surface area contributed by atoms with E-state index in [0.717, 1.165) is 30.7 Å². The third kappa shape index (κ3) is 4.01. The van der Waals surface area contributed by atoms with Gasteiger partial charge >= 0.3 is 0 Å². The molecule has 2 aliphatic heterocycles. The van der Waals surface area contributed by atoms with E-state index in [1.807, 2.05) is 27.6 Å². The number of anilines is 1. The second kappa shape index (κ2) is 9.16. The monoisotopic (exact) mass is 517 g/mol. The summed E-state index contributed by atoms with van der Waals surface area (Å²) in [6, 6.07) is 13.4. The lowest BCUT2D eigenvalue weighted by Gasteiger charge is -2.34. The summed E-state index contributed by atoms with van der Waals surface area (Å²) >= 11 is 0. The molecule has 2 saturated heterocycles. The number of carbonyl (C=O) groups is 1. The zero-order chi connectivity index (χ0) is 26.6. The summed E-state index contributed by atoms with van der Waals surface area (Å²) in [6.07, 6.45) is 4.33. The van der Waals surface area contributed by atoms with Crippen LogP contribution in [0.15, 0.2) is 60.9 Å². The van der Waals surface area contributed by atoms with E-state index in [-0.39, 0.29) is 17.4 Å². The molecular weight excluding hydrogens is 488 g/mol. The first-order chi connectivity index (χ1) is 18.2. The standard InChI is InChI=1S/C29H29F2N5O2/c1-29(38,21-4-2-3-18(15-21)26(30)31)20-8-5-17(6-9-20)24-25-27(32)33-13-14-35(25)28(34-24)19-7-10-22-11-12-23(37)36(22)16-19/h2-6,8-9,13-15,19,22,26,38H,7,10-12,16H2,1H3,(H2,32,33)/t19-,22+,29?/m1/s1. The third-order valence-electron chi connectivity index (χ3n) is 8.11. The molecule has 2 fully saturated rings. The number of amides is 1. The molecule has 0 radical (unpaired) electrons. The highest BCUT2D eigenvalue weighted by Crippen LogP contribution is 2.39. The van der Waals surface area contributed by atoms with Crippen LogP contribution in [0.1, 0.15) is 67.5 Å². The minimum Gasteiger partial charge on any atom is -0.382 e. The van der Waals surface area contributed by atoms with Gasteiger partial charge in [-0.2, -0.15) is 0 Å². The summed E-state index contributed by atoms with van der Waals surface area (Å²) in [7, 11) is 0. The van der Waals surface area contributed by atoms with Crippen LogP contribution in [0.3, 0.4) is 0 Å². The molecule has 7 nitrogen and oxygen atoms in total. The van der Waals surface area contributed by atoms with E-state index in [1.165, 1.54) is 18.2 Å². The van der Waals surface area contributed by atoms with Crippen LogP contribution in [-0.2, 0) is 10.4 Å². The minimum atomic E-state index is -2.62. The lowest BCUT2D eigenvalue weighted by Crippen LogP contribution is -2.41. The van der Waals surface area contributed by atoms with Crippen molar-refractivity contribution in [1.29, 1.82) is 0 Å². The van der Waals surface area contributed by atoms with Gasteiger partial charge in [0.1, 0.15) is 28.5 Å². The van der Waals surface area contributed by atoms with Crippen molar-refractivity contribution in [3.05, 3.63) is 83.4 Å². The van der Waals surface area contributed by atoms with Gasteiger partial charge in [-0.05, 0) is 43.4 Å². The maximum absolute atomic E-state index is 13.2. The average molecular weight is 518 g/mol. The lowest BCUT2D eigenvalue weighted by atomic mass is 9.87. The first-order valence-corrected chi connectivity index (χ1v) is 12.9. The highest BCUT2D eigenvalue weighted by atomic mass is 19.3. The Morgan fingerprint density at radius 1 is 1.11 bits per heavy atom. The normalized spacial score (nSPS) is 21.2. The van der Waals surface area contributed by atoms with Crippen molar-refractivity contribution in [2.24, 2.45) is 0 Å². The van der Waals surface area contributed by atoms with E-state index in [9.17, 15) is 18.7 Å². The van der Waals surface area contributed by atoms with Crippen molar-refractivity contribution in [2.75, 3.05) is 12.3 Å². The molecule has 1 unspecified atom stereocenters. The zero-order valence-electron chi connectivity index (χ0n) is 21.0. The number of carbonyl (C=O) groups excluding carboxylic acids is 1. The Morgan fingerprint density at radius 3 is 2.66 bits per heavy atom. The van der Waals surface area contributed by atoms with E-state index in [1.54, 1.807) is 31.3 Å². The first-order valence-electron chi connectivity index (χ1n) is 12.9. The molecule has 38 heavy (non-hydrogen) atoms. The molecule has 6 rings (SSSR count). The van der Waals surface area contributed by atoms with Gasteiger partial charge in [0.05, 0.1) is 0 Å². The summed E-state index contributed by atoms with van der Waals surface area (Å²) in [4.78, 5) is 23.7. The Hall–Kier alpha value is -3.85. The number of hydrogen-bond donors (Lipinski definition) is 2. The minimum absolute atomic E-state index is 0.0819. The van der Waals surface area contributed by atoms with Gasteiger partial charge in [-0.1, -0.05) is 42.5 Å². The summed E-state index contributed by atoms with van der Waals surface area (Å²) in [5, 5.41) is 11.3. The number of hydrogen-bond acceptors (Lipinski definition) is 5. The molecule has 1 amide bonds. The Balaban J connectivity index is 1.36. The number of nitrogens with two attached hydrogens (primary N) is 1. The molecular formula is C29H29F2N5O2. The van der Waals surface area contributed by atoms with Crippen LogP contribution >= 0.6 is 0 Å². The van der Waals surface area contributed by atoms with E-state index in [4.69, 9.17) is 10.7 Å². The topological polar surface area (TPSA) is 96.8 Å². The number of rotatable bonds is 5. The second-order valence-corrected chi connectivity index (χ2v) is 10.4. The molecule has 2 aromatic carbocycles. The van der Waals surface area contributed by atoms with Gasteiger partial charge in [0.25, 0.3) is 6.43 Å². The molecule has 0 bridgehead atoms. The quantitative estimate of drug-likeness (QED) is 0.387. The SMILES string of the molecule is CC(O)(c1ccc(-c2nc([C@@H]3CC[C@H]4CCC(=O)N4C3)n3ccnc(N)c23)cc1)c1cccc(C(F)F)c1. The van der Waals surface area contributed by atoms with Crippen molar-refractivity contribution < 1.29 is 18.7 Å². The van der Waals surface area contributed by atoms with Crippen LogP contribution in [-0.4, -0.2) is 42.9 Å². The zero-order valence-corrected chi connectivity index (χ0v) is 21.0. The van der Waals surface area contributed by atoms with Gasteiger partial charge in [-0.25, -0.2) is 18.7 Å². The molecule has 4 heterocycles. The maximum atomic E-state index is 13.2. The molecule has 0 saturated carbocycles. The second-order valence-electron chi connectivity index (χ2n) is 10.4. The van der Waals surface area contributed by atoms with Crippen molar-refractivity contribution in [1.82, 2.24) is 19.3 Å². The fourth-order valence-electron chi connectivity index (χ4n) is 5.95. The Bertz CT molecular complexity index is 1520. The molecule has 3 N–H and O–H groups in total. The van der Waals surface area contributed by atoms with Crippen LogP contribution in [0, 0.1) is 0 Å². The fraction of sp³-hybridized carbons (Fsp3) is 0.345. The van der Waals surface area contributed by atoms with Gasteiger partial charge < -0.3 is 15.7 Å². The Kier molecular flexibility index (Phi) is 5.90. The number of nitrogen functional groups attached to an aromatic ring is 1. The summed E-state index contributed by atoms with van der Waals surface area (Å²) < 4.78 is 28.4. The van der Waals surface area contributed by atoms with Gasteiger partial charge in [-0.3, -0.25) is 9.20 Å². The molecule has 4 aromatic rings. The number of benzene rings is 2. The first kappa shape index (κ1) is 24.5. The largest absolute Gasteiger partial charge is 0.382 e. The van der Waals surface area contributed by atoms with E-state index in [2.05, 4.69) is 4.98 Å². The number of aromatic nitrogens is 3. The number of piperidine rings is 1. The number of alkyl halides is 2. The van der Waals surface area contributed by atoms with Crippen LogP contribution in [0.4, 0.5) is 14.6 Å². The molecule has 9 heteroatoms. The fourth-order valence-corrected chi connectivity index (χ4v) is 5.95. The number of imidazole rings is 1. The summed E-state index contributed by atoms with van der Waals surface area (Å²) in [5.41, 5.74) is 7.83. The van der Waals surface area contributed by atoms with Crippen molar-refractivity contribution >= 4 is 17.2 Å². The molecule has 0 spiro atoms. The summed E-state index contributed by atoms with van der Waals surface area (Å²) in [6.45, 7) is 2.23. The van der Waals surface area contributed by atoms with Crippen LogP contribution in [0.5, 0.6) is 0 Å². The average Bonchev–Trinajstić information content (AvgIpc) is 3.50. The highest BCUT2D eigenvalue weighted by Gasteiger charge is 2.38. The van der Waals surface area contributed by atoms with Gasteiger partial charge in [0, 0.05) is 48.4 Å². The molecule has 3 atom stereocenters. The number of nitrogens with zero attached hydrogens (tertiary/aromatic N) is 4. The molecule has 2 aliphatic rings. The number of fused-ring (bicyclic) bond motifs is 2. The van der Waals surface area contributed by atoms with Gasteiger partial charge in [-0.15, -0.1) is 0 Å². The highest BCUT2D eigenvalue weighted by molar-refractivity contribution is 5.85. The molecule has 196 valence electrons. The third-order valence-corrected chi connectivity index (χ3v) is 8.11. The number of aliphatic hydroxyl groups is 1. The summed E-state index contributed by atoms with van der Waals surface area (Å²) in [5.74, 6) is 1.50. The smallest absolute Gasteiger partial charge is 0.263 e. The predicted molar refractivity (Wildman–Crippen MR) is 140 cm³/mol. The van der Waals surface area contributed by atoms with E-state index >= 15 is 0 Å². The van der Waals surface area contributed by atoms with Crippen molar-refractivity contribution in [2.45, 2.75) is 56.6 Å². The lowest BCUT2D eigenvalue weighted by molar-refractivity contribution is -0.130. The molecule has 2 aromatic heterocycles. The predicted octanol–water partition coefficient (Wildman–Crippen LogP) is 5.04.